The average molecular weight is 268 g/mol. The number of carboxylic acid groups (broad SMARTS) is 1. The monoisotopic (exact) mass is 268 g/mol. The fourth-order valence-electron chi connectivity index (χ4n) is 3.53. The SMILES string of the molecule is CCN(CC(=O)O)C1CC(NC2CCC2C(C)C)C1. The van der Waals surface area contributed by atoms with Crippen molar-refractivity contribution in [3.63, 3.8) is 0 Å². The summed E-state index contributed by atoms with van der Waals surface area (Å²) in [7, 11) is 0. The molecule has 0 aromatic heterocycles. The molecule has 0 bridgehead atoms. The first kappa shape index (κ1) is 14.8. The molecule has 0 amide bonds. The van der Waals surface area contributed by atoms with Crippen LogP contribution < -0.4 is 5.32 Å². The predicted octanol–water partition coefficient (Wildman–Crippen LogP) is 1.95. The molecule has 2 unspecified atom stereocenters. The Morgan fingerprint density at radius 3 is 2.47 bits per heavy atom. The number of hydrogen-bond donors (Lipinski definition) is 2. The van der Waals surface area contributed by atoms with E-state index in [-0.39, 0.29) is 6.54 Å². The van der Waals surface area contributed by atoms with E-state index < -0.39 is 5.97 Å². The van der Waals surface area contributed by atoms with E-state index in [1.807, 2.05) is 6.92 Å². The van der Waals surface area contributed by atoms with Crippen molar-refractivity contribution < 1.29 is 9.90 Å². The zero-order valence-corrected chi connectivity index (χ0v) is 12.4. The van der Waals surface area contributed by atoms with Crippen molar-refractivity contribution in [1.29, 1.82) is 0 Å². The summed E-state index contributed by atoms with van der Waals surface area (Å²) in [5.74, 6) is 0.916. The molecule has 0 aliphatic heterocycles. The quantitative estimate of drug-likeness (QED) is 0.741. The minimum Gasteiger partial charge on any atom is -0.480 e. The van der Waals surface area contributed by atoms with Crippen molar-refractivity contribution >= 4 is 5.97 Å². The van der Waals surface area contributed by atoms with Crippen LogP contribution in [0.1, 0.15) is 46.5 Å². The molecule has 2 rings (SSSR count). The van der Waals surface area contributed by atoms with Gasteiger partial charge < -0.3 is 10.4 Å². The first-order valence-corrected chi connectivity index (χ1v) is 7.73. The topological polar surface area (TPSA) is 52.6 Å². The molecule has 0 heterocycles. The van der Waals surface area contributed by atoms with E-state index in [2.05, 4.69) is 24.1 Å². The van der Waals surface area contributed by atoms with E-state index in [1.54, 1.807) is 0 Å². The Bertz CT molecular complexity index is 313. The van der Waals surface area contributed by atoms with Crippen LogP contribution in [0.15, 0.2) is 0 Å². The van der Waals surface area contributed by atoms with Crippen molar-refractivity contribution in [1.82, 2.24) is 10.2 Å². The second-order valence-corrected chi connectivity index (χ2v) is 6.54. The molecule has 4 heteroatoms. The van der Waals surface area contributed by atoms with Crippen LogP contribution in [-0.4, -0.2) is 47.2 Å². The van der Waals surface area contributed by atoms with E-state index >= 15 is 0 Å². The van der Waals surface area contributed by atoms with Crippen LogP contribution in [-0.2, 0) is 4.79 Å². The first-order valence-electron chi connectivity index (χ1n) is 7.73. The molecular weight excluding hydrogens is 240 g/mol. The number of aliphatic carboxylic acids is 1. The summed E-state index contributed by atoms with van der Waals surface area (Å²) >= 11 is 0. The summed E-state index contributed by atoms with van der Waals surface area (Å²) < 4.78 is 0. The van der Waals surface area contributed by atoms with Gasteiger partial charge in [-0.15, -0.1) is 0 Å². The van der Waals surface area contributed by atoms with Gasteiger partial charge in [0.1, 0.15) is 0 Å². The van der Waals surface area contributed by atoms with Gasteiger partial charge in [0, 0.05) is 18.1 Å². The largest absolute Gasteiger partial charge is 0.480 e. The standard InChI is InChI=1S/C15H28N2O2/c1-4-17(9-15(18)19)12-7-11(8-12)16-14-6-5-13(14)10(2)3/h10-14,16H,4-9H2,1-3H3,(H,18,19). The lowest BCUT2D eigenvalue weighted by Gasteiger charge is -2.48. The maximum Gasteiger partial charge on any atom is 0.317 e. The highest BCUT2D eigenvalue weighted by molar-refractivity contribution is 5.69. The van der Waals surface area contributed by atoms with Gasteiger partial charge in [-0.3, -0.25) is 9.69 Å². The minimum atomic E-state index is -0.711. The minimum absolute atomic E-state index is 0.186. The fourth-order valence-corrected chi connectivity index (χ4v) is 3.53. The second-order valence-electron chi connectivity index (χ2n) is 6.54. The van der Waals surface area contributed by atoms with Gasteiger partial charge in [0.2, 0.25) is 0 Å². The first-order chi connectivity index (χ1) is 9.01. The number of carboxylic acids is 1. The lowest BCUT2D eigenvalue weighted by atomic mass is 9.71. The van der Waals surface area contributed by atoms with Crippen LogP contribution >= 0.6 is 0 Å². The normalized spacial score (nSPS) is 34.2. The molecule has 2 aliphatic carbocycles. The Morgan fingerprint density at radius 2 is 2.05 bits per heavy atom. The molecule has 0 radical (unpaired) electrons. The van der Waals surface area contributed by atoms with Gasteiger partial charge in [0.05, 0.1) is 6.54 Å². The van der Waals surface area contributed by atoms with Crippen LogP contribution in [0.5, 0.6) is 0 Å². The number of rotatable bonds is 7. The highest BCUT2D eigenvalue weighted by atomic mass is 16.4. The van der Waals surface area contributed by atoms with Gasteiger partial charge in [-0.2, -0.15) is 0 Å². The lowest BCUT2D eigenvalue weighted by Crippen LogP contribution is -2.59. The Kier molecular flexibility index (Phi) is 4.85. The van der Waals surface area contributed by atoms with E-state index in [4.69, 9.17) is 5.11 Å². The van der Waals surface area contributed by atoms with Crippen LogP contribution in [0, 0.1) is 11.8 Å². The van der Waals surface area contributed by atoms with Gasteiger partial charge in [-0.1, -0.05) is 20.8 Å². The molecule has 19 heavy (non-hydrogen) atoms. The summed E-state index contributed by atoms with van der Waals surface area (Å²) in [5, 5.41) is 12.7. The highest BCUT2D eigenvalue weighted by Crippen LogP contribution is 2.36. The van der Waals surface area contributed by atoms with Gasteiger partial charge in [0.25, 0.3) is 0 Å². The molecule has 0 spiro atoms. The van der Waals surface area contributed by atoms with Gasteiger partial charge >= 0.3 is 5.97 Å². The molecule has 2 N–H and O–H groups in total. The van der Waals surface area contributed by atoms with Gasteiger partial charge in [-0.25, -0.2) is 0 Å². The van der Waals surface area contributed by atoms with Crippen LogP contribution in [0.25, 0.3) is 0 Å². The number of nitrogens with one attached hydrogen (secondary N) is 1. The maximum atomic E-state index is 10.8. The van der Waals surface area contributed by atoms with Gasteiger partial charge in [-0.05, 0) is 44.1 Å². The zero-order valence-electron chi connectivity index (χ0n) is 12.4. The number of nitrogens with zero attached hydrogens (tertiary/aromatic N) is 1. The molecule has 0 aromatic carbocycles. The van der Waals surface area contributed by atoms with E-state index in [9.17, 15) is 4.79 Å². The molecule has 2 fully saturated rings. The fraction of sp³-hybridized carbons (Fsp3) is 0.933. The highest BCUT2D eigenvalue weighted by Gasteiger charge is 2.39. The molecule has 0 saturated heterocycles. The van der Waals surface area contributed by atoms with Crippen molar-refractivity contribution in [2.75, 3.05) is 13.1 Å². The molecule has 2 atom stereocenters. The summed E-state index contributed by atoms with van der Waals surface area (Å²) in [6.07, 6.45) is 4.91. The number of hydrogen-bond acceptors (Lipinski definition) is 3. The summed E-state index contributed by atoms with van der Waals surface area (Å²) in [5.41, 5.74) is 0. The van der Waals surface area contributed by atoms with E-state index in [0.717, 1.165) is 31.2 Å². The number of carbonyl (C=O) groups is 1. The Balaban J connectivity index is 1.69. The Hall–Kier alpha value is -0.610. The van der Waals surface area contributed by atoms with Crippen molar-refractivity contribution in [2.45, 2.75) is 64.6 Å². The maximum absolute atomic E-state index is 10.8. The summed E-state index contributed by atoms with van der Waals surface area (Å²) in [6, 6.07) is 1.79. The van der Waals surface area contributed by atoms with Crippen molar-refractivity contribution in [3.05, 3.63) is 0 Å². The smallest absolute Gasteiger partial charge is 0.317 e. The van der Waals surface area contributed by atoms with Crippen LogP contribution in [0.3, 0.4) is 0 Å². The zero-order chi connectivity index (χ0) is 14.0. The molecule has 2 aliphatic rings. The van der Waals surface area contributed by atoms with E-state index in [1.165, 1.54) is 12.8 Å². The van der Waals surface area contributed by atoms with Crippen LogP contribution in [0.2, 0.25) is 0 Å². The Labute approximate surface area is 116 Å². The molecule has 4 nitrogen and oxygen atoms in total. The third kappa shape index (κ3) is 3.48. The van der Waals surface area contributed by atoms with Crippen molar-refractivity contribution in [2.24, 2.45) is 11.8 Å². The summed E-state index contributed by atoms with van der Waals surface area (Å²) in [6.45, 7) is 7.69. The molecule has 2 saturated carbocycles. The molecule has 110 valence electrons. The Morgan fingerprint density at radius 1 is 1.37 bits per heavy atom. The lowest BCUT2D eigenvalue weighted by molar-refractivity contribution is -0.139. The van der Waals surface area contributed by atoms with Crippen molar-refractivity contribution in [3.8, 4) is 0 Å². The number of likely N-dealkylation sites (N-methyl/N-ethyl adjacent to an activating group) is 1. The third-order valence-electron chi connectivity index (χ3n) is 5.01. The van der Waals surface area contributed by atoms with Crippen LogP contribution in [0.4, 0.5) is 0 Å². The average Bonchev–Trinajstić information content (AvgIpc) is 2.22. The molecular formula is C15H28N2O2. The summed E-state index contributed by atoms with van der Waals surface area (Å²) in [4.78, 5) is 12.9. The molecule has 0 aromatic rings. The second kappa shape index (κ2) is 6.23. The predicted molar refractivity (Wildman–Crippen MR) is 76.2 cm³/mol. The van der Waals surface area contributed by atoms with Gasteiger partial charge in [0.15, 0.2) is 0 Å². The third-order valence-corrected chi connectivity index (χ3v) is 5.01. The van der Waals surface area contributed by atoms with E-state index in [0.29, 0.717) is 18.1 Å².